The van der Waals surface area contributed by atoms with E-state index in [-0.39, 0.29) is 6.10 Å². The molecule has 3 N–H and O–H groups in total. The number of halogens is 1. The standard InChI is InChI=1S/C15H22ClNO2/c16-14-4-2-1-3-13(14)15(19)10-17-9-11-5-7-12(18)8-6-11/h1-4,11-12,15,17-19H,5-10H2. The first-order valence-electron chi connectivity index (χ1n) is 6.98. The molecule has 0 radical (unpaired) electrons. The van der Waals surface area contributed by atoms with E-state index in [4.69, 9.17) is 11.6 Å². The van der Waals surface area contributed by atoms with E-state index in [1.165, 1.54) is 0 Å². The Hall–Kier alpha value is -0.610. The second-order valence-corrected chi connectivity index (χ2v) is 5.78. The van der Waals surface area contributed by atoms with E-state index in [1.807, 2.05) is 18.2 Å². The van der Waals surface area contributed by atoms with Crippen LogP contribution < -0.4 is 5.32 Å². The summed E-state index contributed by atoms with van der Waals surface area (Å²) in [6.45, 7) is 1.41. The zero-order chi connectivity index (χ0) is 13.7. The van der Waals surface area contributed by atoms with Crippen LogP contribution in [0.15, 0.2) is 24.3 Å². The Balaban J connectivity index is 1.72. The zero-order valence-corrected chi connectivity index (χ0v) is 11.8. The van der Waals surface area contributed by atoms with Gasteiger partial charge in [-0.3, -0.25) is 0 Å². The Morgan fingerprint density at radius 3 is 2.58 bits per heavy atom. The van der Waals surface area contributed by atoms with Crippen LogP contribution in [0.1, 0.15) is 37.4 Å². The number of hydrogen-bond acceptors (Lipinski definition) is 3. The van der Waals surface area contributed by atoms with Crippen molar-refractivity contribution in [1.82, 2.24) is 5.32 Å². The molecule has 1 atom stereocenters. The topological polar surface area (TPSA) is 52.5 Å². The van der Waals surface area contributed by atoms with Gasteiger partial charge in [0.1, 0.15) is 0 Å². The molecule has 1 aliphatic carbocycles. The van der Waals surface area contributed by atoms with Crippen molar-refractivity contribution in [1.29, 1.82) is 0 Å². The molecule has 1 unspecified atom stereocenters. The van der Waals surface area contributed by atoms with Gasteiger partial charge in [-0.1, -0.05) is 29.8 Å². The molecule has 1 saturated carbocycles. The number of aliphatic hydroxyl groups excluding tert-OH is 2. The summed E-state index contributed by atoms with van der Waals surface area (Å²) < 4.78 is 0. The summed E-state index contributed by atoms with van der Waals surface area (Å²) in [4.78, 5) is 0. The van der Waals surface area contributed by atoms with E-state index in [0.29, 0.717) is 17.5 Å². The van der Waals surface area contributed by atoms with Crippen LogP contribution in [0, 0.1) is 5.92 Å². The third-order valence-electron chi connectivity index (χ3n) is 3.85. The second kappa shape index (κ2) is 7.25. The van der Waals surface area contributed by atoms with E-state index < -0.39 is 6.10 Å². The van der Waals surface area contributed by atoms with Crippen LogP contribution in [-0.2, 0) is 0 Å². The first-order valence-corrected chi connectivity index (χ1v) is 7.36. The van der Waals surface area contributed by atoms with Gasteiger partial charge in [0.25, 0.3) is 0 Å². The summed E-state index contributed by atoms with van der Waals surface area (Å²) in [6.07, 6.45) is 3.26. The average Bonchev–Trinajstić information content (AvgIpc) is 2.41. The highest BCUT2D eigenvalue weighted by molar-refractivity contribution is 6.31. The van der Waals surface area contributed by atoms with Gasteiger partial charge >= 0.3 is 0 Å². The normalized spacial score (nSPS) is 25.2. The van der Waals surface area contributed by atoms with Gasteiger partial charge in [0.15, 0.2) is 0 Å². The first kappa shape index (κ1) is 14.8. The molecule has 1 fully saturated rings. The molecule has 2 rings (SSSR count). The summed E-state index contributed by atoms with van der Waals surface area (Å²) >= 11 is 6.05. The predicted molar refractivity (Wildman–Crippen MR) is 77.2 cm³/mol. The SMILES string of the molecule is OC1CCC(CNCC(O)c2ccccc2Cl)CC1. The molecule has 0 saturated heterocycles. The number of benzene rings is 1. The first-order chi connectivity index (χ1) is 9.16. The third-order valence-corrected chi connectivity index (χ3v) is 4.20. The molecular formula is C15H22ClNO2. The lowest BCUT2D eigenvalue weighted by Gasteiger charge is -2.26. The maximum Gasteiger partial charge on any atom is 0.0928 e. The van der Waals surface area contributed by atoms with Crippen LogP contribution in [0.4, 0.5) is 0 Å². The highest BCUT2D eigenvalue weighted by Gasteiger charge is 2.19. The van der Waals surface area contributed by atoms with Gasteiger partial charge in [-0.05, 0) is 44.2 Å². The molecule has 1 aromatic carbocycles. The molecule has 0 spiro atoms. The maximum absolute atomic E-state index is 10.1. The third kappa shape index (κ3) is 4.46. The van der Waals surface area contributed by atoms with Crippen LogP contribution in [0.5, 0.6) is 0 Å². The van der Waals surface area contributed by atoms with E-state index in [2.05, 4.69) is 5.32 Å². The largest absolute Gasteiger partial charge is 0.393 e. The number of hydrogen-bond donors (Lipinski definition) is 3. The van der Waals surface area contributed by atoms with Crippen molar-refractivity contribution in [3.8, 4) is 0 Å². The van der Waals surface area contributed by atoms with Crippen molar-refractivity contribution in [3.63, 3.8) is 0 Å². The molecule has 0 heterocycles. The molecule has 1 aliphatic rings. The fourth-order valence-corrected chi connectivity index (χ4v) is 2.89. The monoisotopic (exact) mass is 283 g/mol. The van der Waals surface area contributed by atoms with Gasteiger partial charge in [-0.15, -0.1) is 0 Å². The maximum atomic E-state index is 10.1. The quantitative estimate of drug-likeness (QED) is 0.778. The predicted octanol–water partition coefficient (Wildman–Crippen LogP) is 2.51. The number of rotatable bonds is 5. The second-order valence-electron chi connectivity index (χ2n) is 5.37. The Bertz CT molecular complexity index is 391. The van der Waals surface area contributed by atoms with Gasteiger partial charge in [-0.2, -0.15) is 0 Å². The number of nitrogens with one attached hydrogen (secondary N) is 1. The summed E-state index contributed by atoms with van der Waals surface area (Å²) in [5.41, 5.74) is 0.774. The average molecular weight is 284 g/mol. The fraction of sp³-hybridized carbons (Fsp3) is 0.600. The van der Waals surface area contributed by atoms with Crippen LogP contribution in [0.2, 0.25) is 5.02 Å². The molecule has 1 aromatic rings. The van der Waals surface area contributed by atoms with Crippen molar-refractivity contribution in [3.05, 3.63) is 34.9 Å². The van der Waals surface area contributed by atoms with Crippen molar-refractivity contribution in [2.45, 2.75) is 37.9 Å². The van der Waals surface area contributed by atoms with Crippen LogP contribution in [0.25, 0.3) is 0 Å². The Labute approximate surface area is 119 Å². The molecule has 0 amide bonds. The molecular weight excluding hydrogens is 262 g/mol. The van der Waals surface area contributed by atoms with Crippen molar-refractivity contribution < 1.29 is 10.2 Å². The van der Waals surface area contributed by atoms with Gasteiger partial charge < -0.3 is 15.5 Å². The van der Waals surface area contributed by atoms with Gasteiger partial charge in [0.2, 0.25) is 0 Å². The van der Waals surface area contributed by atoms with E-state index in [9.17, 15) is 10.2 Å². The van der Waals surface area contributed by atoms with Crippen LogP contribution in [0.3, 0.4) is 0 Å². The Morgan fingerprint density at radius 2 is 1.89 bits per heavy atom. The van der Waals surface area contributed by atoms with E-state index in [1.54, 1.807) is 6.07 Å². The summed E-state index contributed by atoms with van der Waals surface area (Å²) in [6, 6.07) is 7.39. The van der Waals surface area contributed by atoms with Gasteiger partial charge in [0.05, 0.1) is 12.2 Å². The van der Waals surface area contributed by atoms with Crippen molar-refractivity contribution >= 4 is 11.6 Å². The van der Waals surface area contributed by atoms with Gasteiger partial charge in [-0.25, -0.2) is 0 Å². The highest BCUT2D eigenvalue weighted by Crippen LogP contribution is 2.24. The Morgan fingerprint density at radius 1 is 1.21 bits per heavy atom. The minimum absolute atomic E-state index is 0.107. The van der Waals surface area contributed by atoms with Crippen molar-refractivity contribution in [2.24, 2.45) is 5.92 Å². The molecule has 106 valence electrons. The molecule has 3 nitrogen and oxygen atoms in total. The molecule has 0 aliphatic heterocycles. The number of aliphatic hydroxyl groups is 2. The summed E-state index contributed by atoms with van der Waals surface area (Å²) in [5, 5.41) is 23.4. The summed E-state index contributed by atoms with van der Waals surface area (Å²) in [5.74, 6) is 0.613. The van der Waals surface area contributed by atoms with E-state index in [0.717, 1.165) is 37.8 Å². The van der Waals surface area contributed by atoms with Gasteiger partial charge in [0, 0.05) is 17.1 Å². The Kier molecular flexibility index (Phi) is 5.64. The zero-order valence-electron chi connectivity index (χ0n) is 11.1. The minimum Gasteiger partial charge on any atom is -0.393 e. The molecule has 0 bridgehead atoms. The molecule has 4 heteroatoms. The minimum atomic E-state index is -0.567. The van der Waals surface area contributed by atoms with E-state index >= 15 is 0 Å². The lowest BCUT2D eigenvalue weighted by atomic mass is 9.87. The lowest BCUT2D eigenvalue weighted by molar-refractivity contribution is 0.106. The van der Waals surface area contributed by atoms with Crippen LogP contribution >= 0.6 is 11.6 Å². The fourth-order valence-electron chi connectivity index (χ4n) is 2.63. The highest BCUT2D eigenvalue weighted by atomic mass is 35.5. The lowest BCUT2D eigenvalue weighted by Crippen LogP contribution is -2.30. The van der Waals surface area contributed by atoms with Crippen molar-refractivity contribution in [2.75, 3.05) is 13.1 Å². The van der Waals surface area contributed by atoms with Crippen LogP contribution in [-0.4, -0.2) is 29.4 Å². The summed E-state index contributed by atoms with van der Waals surface area (Å²) in [7, 11) is 0. The smallest absolute Gasteiger partial charge is 0.0928 e. The molecule has 19 heavy (non-hydrogen) atoms. The molecule has 0 aromatic heterocycles.